The van der Waals surface area contributed by atoms with Gasteiger partial charge >= 0.3 is 5.97 Å². The van der Waals surface area contributed by atoms with Crippen LogP contribution in [0.15, 0.2) is 84.9 Å². The number of Topliss-reactive ketones (excluding diaryl/α,β-unsaturated/α-hetero) is 2. The standard InChI is InChI=1S/C24H20O4/c1-28-24(27)20-14-12-19(13-15-20)23(26)21(17-8-4-2-5-9-17)16-22(25)18-10-6-3-7-11-18/h2-15,21H,16H2,1H3. The van der Waals surface area contributed by atoms with Gasteiger partial charge in [-0.3, -0.25) is 9.59 Å². The summed E-state index contributed by atoms with van der Waals surface area (Å²) < 4.78 is 4.69. The molecule has 0 saturated heterocycles. The number of esters is 1. The molecule has 28 heavy (non-hydrogen) atoms. The molecule has 0 spiro atoms. The molecular weight excluding hydrogens is 352 g/mol. The molecule has 0 fully saturated rings. The van der Waals surface area contributed by atoms with E-state index in [1.807, 2.05) is 36.4 Å². The van der Waals surface area contributed by atoms with Gasteiger partial charge in [-0.05, 0) is 17.7 Å². The highest BCUT2D eigenvalue weighted by atomic mass is 16.5. The minimum atomic E-state index is -0.599. The van der Waals surface area contributed by atoms with Crippen molar-refractivity contribution in [1.82, 2.24) is 0 Å². The lowest BCUT2D eigenvalue weighted by atomic mass is 9.85. The quantitative estimate of drug-likeness (QED) is 0.445. The molecule has 3 rings (SSSR count). The van der Waals surface area contributed by atoms with Gasteiger partial charge in [0.05, 0.1) is 18.6 Å². The fourth-order valence-corrected chi connectivity index (χ4v) is 3.06. The average molecular weight is 372 g/mol. The largest absolute Gasteiger partial charge is 0.465 e. The Morgan fingerprint density at radius 1 is 0.714 bits per heavy atom. The van der Waals surface area contributed by atoms with Crippen molar-refractivity contribution < 1.29 is 19.1 Å². The summed E-state index contributed by atoms with van der Waals surface area (Å²) in [6.07, 6.45) is 0.0750. The third kappa shape index (κ3) is 4.41. The van der Waals surface area contributed by atoms with Crippen molar-refractivity contribution in [2.45, 2.75) is 12.3 Å². The van der Waals surface area contributed by atoms with Crippen LogP contribution in [0.4, 0.5) is 0 Å². The molecular formula is C24H20O4. The first kappa shape index (κ1) is 19.2. The van der Waals surface area contributed by atoms with Gasteiger partial charge in [-0.1, -0.05) is 72.8 Å². The normalized spacial score (nSPS) is 11.5. The summed E-state index contributed by atoms with van der Waals surface area (Å²) in [7, 11) is 1.31. The Morgan fingerprint density at radius 2 is 1.25 bits per heavy atom. The molecule has 3 aromatic carbocycles. The van der Waals surface area contributed by atoms with Gasteiger partial charge in [0.15, 0.2) is 11.6 Å². The van der Waals surface area contributed by atoms with E-state index in [-0.39, 0.29) is 18.0 Å². The molecule has 0 aromatic heterocycles. The van der Waals surface area contributed by atoms with Gasteiger partial charge in [0.2, 0.25) is 0 Å². The minimum absolute atomic E-state index is 0.0750. The highest BCUT2D eigenvalue weighted by Crippen LogP contribution is 2.26. The van der Waals surface area contributed by atoms with Crippen LogP contribution < -0.4 is 0 Å². The molecule has 0 amide bonds. The molecule has 0 aliphatic rings. The smallest absolute Gasteiger partial charge is 0.337 e. The first-order chi connectivity index (χ1) is 13.6. The van der Waals surface area contributed by atoms with Gasteiger partial charge in [-0.25, -0.2) is 4.79 Å². The maximum Gasteiger partial charge on any atom is 0.337 e. The maximum absolute atomic E-state index is 13.2. The molecule has 0 aliphatic heterocycles. The SMILES string of the molecule is COC(=O)c1ccc(C(=O)C(CC(=O)c2ccccc2)c2ccccc2)cc1. The summed E-state index contributed by atoms with van der Waals surface area (Å²) in [4.78, 5) is 37.5. The van der Waals surface area contributed by atoms with E-state index in [1.54, 1.807) is 48.5 Å². The Bertz CT molecular complexity index is 961. The van der Waals surface area contributed by atoms with Crippen molar-refractivity contribution in [2.24, 2.45) is 0 Å². The number of hydrogen-bond donors (Lipinski definition) is 0. The van der Waals surface area contributed by atoms with Crippen LogP contribution in [0.3, 0.4) is 0 Å². The predicted octanol–water partition coefficient (Wildman–Crippen LogP) is 4.71. The Morgan fingerprint density at radius 3 is 1.82 bits per heavy atom. The molecule has 1 atom stereocenters. The van der Waals surface area contributed by atoms with Crippen LogP contribution in [0, 0.1) is 0 Å². The monoisotopic (exact) mass is 372 g/mol. The number of ketones is 2. The fraction of sp³-hybridized carbons (Fsp3) is 0.125. The van der Waals surface area contributed by atoms with Crippen LogP contribution in [0.25, 0.3) is 0 Å². The highest BCUT2D eigenvalue weighted by molar-refractivity contribution is 6.06. The van der Waals surface area contributed by atoms with E-state index in [0.29, 0.717) is 16.7 Å². The number of carbonyl (C=O) groups is 3. The van der Waals surface area contributed by atoms with E-state index in [4.69, 9.17) is 0 Å². The van der Waals surface area contributed by atoms with Crippen molar-refractivity contribution in [3.8, 4) is 0 Å². The predicted molar refractivity (Wildman–Crippen MR) is 107 cm³/mol. The Labute approximate surface area is 163 Å². The van der Waals surface area contributed by atoms with Crippen molar-refractivity contribution in [3.05, 3.63) is 107 Å². The van der Waals surface area contributed by atoms with Gasteiger partial charge in [0.1, 0.15) is 0 Å². The van der Waals surface area contributed by atoms with E-state index in [0.717, 1.165) is 5.56 Å². The van der Waals surface area contributed by atoms with E-state index in [2.05, 4.69) is 4.74 Å². The third-order valence-electron chi connectivity index (χ3n) is 4.59. The van der Waals surface area contributed by atoms with Crippen molar-refractivity contribution in [3.63, 3.8) is 0 Å². The van der Waals surface area contributed by atoms with Crippen molar-refractivity contribution >= 4 is 17.5 Å². The van der Waals surface area contributed by atoms with Crippen LogP contribution in [0.5, 0.6) is 0 Å². The minimum Gasteiger partial charge on any atom is -0.465 e. The molecule has 4 heteroatoms. The molecule has 0 aliphatic carbocycles. The lowest BCUT2D eigenvalue weighted by Crippen LogP contribution is -2.17. The molecule has 0 heterocycles. The van der Waals surface area contributed by atoms with E-state index < -0.39 is 11.9 Å². The molecule has 140 valence electrons. The number of benzene rings is 3. The first-order valence-electron chi connectivity index (χ1n) is 8.96. The molecule has 0 N–H and O–H groups in total. The Kier molecular flexibility index (Phi) is 6.12. The lowest BCUT2D eigenvalue weighted by molar-refractivity contribution is 0.0600. The van der Waals surface area contributed by atoms with Crippen LogP contribution in [-0.4, -0.2) is 24.6 Å². The second kappa shape index (κ2) is 8.91. The highest BCUT2D eigenvalue weighted by Gasteiger charge is 2.25. The summed E-state index contributed by atoms with van der Waals surface area (Å²) in [5, 5.41) is 0. The van der Waals surface area contributed by atoms with Gasteiger partial charge in [0, 0.05) is 17.5 Å². The number of ether oxygens (including phenoxy) is 1. The number of rotatable bonds is 7. The van der Waals surface area contributed by atoms with Crippen LogP contribution in [-0.2, 0) is 4.74 Å². The topological polar surface area (TPSA) is 60.4 Å². The van der Waals surface area contributed by atoms with Gasteiger partial charge in [-0.2, -0.15) is 0 Å². The van der Waals surface area contributed by atoms with Gasteiger partial charge < -0.3 is 4.74 Å². The van der Waals surface area contributed by atoms with E-state index in [9.17, 15) is 14.4 Å². The van der Waals surface area contributed by atoms with E-state index >= 15 is 0 Å². The summed E-state index contributed by atoms with van der Waals surface area (Å²) in [6, 6.07) is 24.5. The number of carbonyl (C=O) groups excluding carboxylic acids is 3. The molecule has 0 bridgehead atoms. The third-order valence-corrected chi connectivity index (χ3v) is 4.59. The lowest BCUT2D eigenvalue weighted by Gasteiger charge is -2.16. The fourth-order valence-electron chi connectivity index (χ4n) is 3.06. The zero-order valence-electron chi connectivity index (χ0n) is 15.5. The second-order valence-electron chi connectivity index (χ2n) is 6.39. The summed E-state index contributed by atoms with van der Waals surface area (Å²) in [5.74, 6) is -1.31. The molecule has 0 radical (unpaired) electrons. The number of methoxy groups -OCH3 is 1. The van der Waals surface area contributed by atoms with Crippen molar-refractivity contribution in [2.75, 3.05) is 7.11 Å². The zero-order chi connectivity index (χ0) is 19.9. The molecule has 0 saturated carbocycles. The first-order valence-corrected chi connectivity index (χ1v) is 8.96. The second-order valence-corrected chi connectivity index (χ2v) is 6.39. The summed E-state index contributed by atoms with van der Waals surface area (Å²) in [5.41, 5.74) is 2.18. The van der Waals surface area contributed by atoms with Crippen LogP contribution in [0.2, 0.25) is 0 Å². The van der Waals surface area contributed by atoms with Gasteiger partial charge in [0.25, 0.3) is 0 Å². The molecule has 4 nitrogen and oxygen atoms in total. The summed E-state index contributed by atoms with van der Waals surface area (Å²) in [6.45, 7) is 0. The zero-order valence-corrected chi connectivity index (χ0v) is 15.5. The van der Waals surface area contributed by atoms with Crippen molar-refractivity contribution in [1.29, 1.82) is 0 Å². The van der Waals surface area contributed by atoms with E-state index in [1.165, 1.54) is 7.11 Å². The molecule has 3 aromatic rings. The molecule has 1 unspecified atom stereocenters. The maximum atomic E-state index is 13.2. The Hall–Kier alpha value is -3.53. The van der Waals surface area contributed by atoms with Gasteiger partial charge in [-0.15, -0.1) is 0 Å². The number of hydrogen-bond acceptors (Lipinski definition) is 4. The van der Waals surface area contributed by atoms with Crippen LogP contribution >= 0.6 is 0 Å². The summed E-state index contributed by atoms with van der Waals surface area (Å²) >= 11 is 0. The average Bonchev–Trinajstić information content (AvgIpc) is 2.77. The Balaban J connectivity index is 1.89. The van der Waals surface area contributed by atoms with Crippen LogP contribution in [0.1, 0.15) is 49.0 Å².